The number of halogens is 3. The van der Waals surface area contributed by atoms with Crippen LogP contribution in [0.3, 0.4) is 0 Å². The number of hydrogen-bond donors (Lipinski definition) is 1. The highest BCUT2D eigenvalue weighted by atomic mass is 19.4. The first kappa shape index (κ1) is 32.9. The van der Waals surface area contributed by atoms with Crippen LogP contribution in [-0.2, 0) is 27.6 Å². The summed E-state index contributed by atoms with van der Waals surface area (Å²) in [4.78, 5) is 30.6. The molecule has 2 aliphatic heterocycles. The molecule has 2 saturated carbocycles. The number of carbonyl (C=O) groups is 2. The summed E-state index contributed by atoms with van der Waals surface area (Å²) >= 11 is 0. The Hall–Kier alpha value is -3.63. The highest BCUT2D eigenvalue weighted by molar-refractivity contribution is 5.92. The molecule has 1 spiro atoms. The topological polar surface area (TPSA) is 79.3 Å². The molecule has 5 atom stereocenters. The van der Waals surface area contributed by atoms with E-state index >= 15 is 0 Å². The maximum absolute atomic E-state index is 14.3. The lowest BCUT2D eigenvalue weighted by atomic mass is 9.48. The molecule has 2 aromatic carbocycles. The summed E-state index contributed by atoms with van der Waals surface area (Å²) in [5.41, 5.74) is -0.548. The molecule has 2 bridgehead atoms. The van der Waals surface area contributed by atoms with Crippen molar-refractivity contribution in [1.29, 1.82) is 0 Å². The highest BCUT2D eigenvalue weighted by Gasteiger charge is 2.73. The molecule has 3 fully saturated rings. The van der Waals surface area contributed by atoms with Crippen LogP contribution in [0.1, 0.15) is 80.5 Å². The minimum absolute atomic E-state index is 0.183. The molecule has 0 aromatic heterocycles. The van der Waals surface area contributed by atoms with E-state index in [-0.39, 0.29) is 23.4 Å². The molecule has 1 amide bonds. The monoisotopic (exact) mass is 664 g/mol. The third-order valence-corrected chi connectivity index (χ3v) is 11.6. The first-order chi connectivity index (χ1) is 23.0. The Labute approximate surface area is 279 Å². The van der Waals surface area contributed by atoms with Crippen molar-refractivity contribution in [2.45, 2.75) is 100 Å². The van der Waals surface area contributed by atoms with Gasteiger partial charge in [-0.3, -0.25) is 14.5 Å². The fraction of sp³-hybridized carbons (Fsp3) is 0.526. The van der Waals surface area contributed by atoms with Crippen molar-refractivity contribution in [3.63, 3.8) is 0 Å². The second-order valence-corrected chi connectivity index (χ2v) is 14.3. The van der Waals surface area contributed by atoms with E-state index < -0.39 is 40.9 Å². The Morgan fingerprint density at radius 3 is 2.67 bits per heavy atom. The van der Waals surface area contributed by atoms with Crippen molar-refractivity contribution in [3.8, 4) is 11.5 Å². The van der Waals surface area contributed by atoms with Gasteiger partial charge in [0, 0.05) is 37.7 Å². The summed E-state index contributed by atoms with van der Waals surface area (Å²) in [6, 6.07) is 8.09. The van der Waals surface area contributed by atoms with Gasteiger partial charge in [-0.25, -0.2) is 0 Å². The van der Waals surface area contributed by atoms with E-state index in [9.17, 15) is 27.9 Å². The molecule has 2 aromatic rings. The predicted octanol–water partition coefficient (Wildman–Crippen LogP) is 6.46. The van der Waals surface area contributed by atoms with E-state index in [4.69, 9.17) is 9.47 Å². The number of likely N-dealkylation sites (tertiary alicyclic amines) is 1. The zero-order valence-corrected chi connectivity index (χ0v) is 27.3. The van der Waals surface area contributed by atoms with Gasteiger partial charge >= 0.3 is 12.1 Å². The fourth-order valence-corrected chi connectivity index (χ4v) is 9.65. The number of piperidine rings is 1. The average Bonchev–Trinajstić information content (AvgIpc) is 3.41. The zero-order chi connectivity index (χ0) is 33.8. The lowest BCUT2D eigenvalue weighted by molar-refractivity contribution is -0.200. The Morgan fingerprint density at radius 1 is 1.15 bits per heavy atom. The predicted molar refractivity (Wildman–Crippen MR) is 174 cm³/mol. The van der Waals surface area contributed by atoms with Crippen LogP contribution in [0.25, 0.3) is 6.08 Å². The van der Waals surface area contributed by atoms with Gasteiger partial charge in [-0.2, -0.15) is 13.2 Å². The maximum atomic E-state index is 14.3. The number of esters is 1. The number of ether oxygens (including phenoxy) is 2. The molecule has 0 unspecified atom stereocenters. The Morgan fingerprint density at radius 2 is 1.94 bits per heavy atom. The standard InChI is InChI=1S/C38H43F3N2O5/c1-3-19-42-20-18-36-33-27-13-14-30(47-24(2)44)34(33)48-35(36)29(16-17-37(36,46)31(42)22-27)43(23-26-8-5-4-6-9-26)32(45)15-12-25-10-7-11-28(21-25)38(39,40)41/h3,7,10-15,21,26,29,31,35,46H,1,4-6,8-9,16-20,22-23H2,2H3/t29-,31+,35-,36-,37+/m0/s1. The van der Waals surface area contributed by atoms with Crippen LogP contribution >= 0.6 is 0 Å². The number of benzene rings is 2. The number of hydrogen-bond acceptors (Lipinski definition) is 6. The minimum Gasteiger partial charge on any atom is -0.483 e. The average molecular weight is 665 g/mol. The Balaban J connectivity index is 1.30. The van der Waals surface area contributed by atoms with Gasteiger partial charge in [-0.1, -0.05) is 43.5 Å². The number of carbonyl (C=O) groups excluding carboxylic acids is 2. The van der Waals surface area contributed by atoms with E-state index in [0.717, 1.165) is 55.4 Å². The summed E-state index contributed by atoms with van der Waals surface area (Å²) in [6.45, 7) is 7.14. The molecule has 256 valence electrons. The maximum Gasteiger partial charge on any atom is 0.416 e. The van der Waals surface area contributed by atoms with Gasteiger partial charge in [0.2, 0.25) is 5.91 Å². The number of rotatable bonds is 8. The lowest BCUT2D eigenvalue weighted by Gasteiger charge is -2.64. The Bertz CT molecular complexity index is 1630. The number of amides is 1. The largest absolute Gasteiger partial charge is 0.483 e. The molecule has 1 N–H and O–H groups in total. The number of alkyl halides is 3. The van der Waals surface area contributed by atoms with Gasteiger partial charge < -0.3 is 19.5 Å². The fourth-order valence-electron chi connectivity index (χ4n) is 9.65. The molecule has 0 radical (unpaired) electrons. The van der Waals surface area contributed by atoms with Crippen molar-refractivity contribution >= 4 is 18.0 Å². The molecule has 10 heteroatoms. The molecular weight excluding hydrogens is 621 g/mol. The van der Waals surface area contributed by atoms with Gasteiger partial charge in [0.15, 0.2) is 11.5 Å². The molecule has 7 nitrogen and oxygen atoms in total. The van der Waals surface area contributed by atoms with Crippen LogP contribution in [0.5, 0.6) is 11.5 Å². The smallest absolute Gasteiger partial charge is 0.416 e. The van der Waals surface area contributed by atoms with Crippen LogP contribution in [0.2, 0.25) is 0 Å². The van der Waals surface area contributed by atoms with Crippen LogP contribution in [0.15, 0.2) is 55.1 Å². The third kappa shape index (κ3) is 5.35. The summed E-state index contributed by atoms with van der Waals surface area (Å²) in [7, 11) is 0. The zero-order valence-electron chi connectivity index (χ0n) is 27.3. The molecule has 7 rings (SSSR count). The number of nitrogens with zero attached hydrogens (tertiary/aromatic N) is 2. The molecular formula is C38H43F3N2O5. The van der Waals surface area contributed by atoms with Crippen molar-refractivity contribution in [2.75, 3.05) is 19.6 Å². The van der Waals surface area contributed by atoms with Crippen LogP contribution < -0.4 is 9.47 Å². The second kappa shape index (κ2) is 12.4. The summed E-state index contributed by atoms with van der Waals surface area (Å²) in [5.74, 6) is 0.303. The van der Waals surface area contributed by atoms with Crippen LogP contribution in [-0.4, -0.2) is 70.2 Å². The van der Waals surface area contributed by atoms with E-state index in [0.29, 0.717) is 56.8 Å². The number of aliphatic hydroxyl groups is 1. The molecule has 1 saturated heterocycles. The van der Waals surface area contributed by atoms with Gasteiger partial charge in [-0.05, 0) is 86.4 Å². The summed E-state index contributed by atoms with van der Waals surface area (Å²) < 4.78 is 52.8. The Kier molecular flexibility index (Phi) is 8.47. The minimum atomic E-state index is -4.49. The first-order valence-corrected chi connectivity index (χ1v) is 17.2. The van der Waals surface area contributed by atoms with Crippen molar-refractivity contribution in [3.05, 3.63) is 77.4 Å². The van der Waals surface area contributed by atoms with Crippen molar-refractivity contribution < 1.29 is 37.3 Å². The second-order valence-electron chi connectivity index (χ2n) is 14.3. The van der Waals surface area contributed by atoms with Gasteiger partial charge in [0.25, 0.3) is 0 Å². The quantitative estimate of drug-likeness (QED) is 0.151. The highest BCUT2D eigenvalue weighted by Crippen LogP contribution is 2.66. The molecule has 3 aliphatic carbocycles. The van der Waals surface area contributed by atoms with Crippen molar-refractivity contribution in [1.82, 2.24) is 9.80 Å². The van der Waals surface area contributed by atoms with Crippen molar-refractivity contribution in [2.24, 2.45) is 5.92 Å². The van der Waals surface area contributed by atoms with Crippen LogP contribution in [0, 0.1) is 5.92 Å². The molecule has 48 heavy (non-hydrogen) atoms. The van der Waals surface area contributed by atoms with E-state index in [1.165, 1.54) is 25.1 Å². The summed E-state index contributed by atoms with van der Waals surface area (Å²) in [5, 5.41) is 12.9. The van der Waals surface area contributed by atoms with E-state index in [2.05, 4.69) is 11.5 Å². The van der Waals surface area contributed by atoms with Gasteiger partial charge in [0.05, 0.1) is 22.6 Å². The first-order valence-electron chi connectivity index (χ1n) is 17.2. The van der Waals surface area contributed by atoms with E-state index in [1.54, 1.807) is 12.1 Å². The normalized spacial score (nSPS) is 29.6. The third-order valence-electron chi connectivity index (χ3n) is 11.6. The SMILES string of the molecule is C=CCN1CC[C@]23c4c5ccc(OC(C)=O)c4O[C@H]2[C@@H](N(CC2CCCCC2)C(=O)C=Cc2cccc(C(F)(F)F)c2)CC[C@@]3(O)[C@H]1C5. The van der Waals surface area contributed by atoms with E-state index in [1.807, 2.05) is 17.0 Å². The summed E-state index contributed by atoms with van der Waals surface area (Å²) in [6.07, 6.45) is 7.05. The lowest BCUT2D eigenvalue weighted by Crippen LogP contribution is -2.78. The van der Waals surface area contributed by atoms with Gasteiger partial charge in [-0.15, -0.1) is 6.58 Å². The van der Waals surface area contributed by atoms with Crippen LogP contribution in [0.4, 0.5) is 13.2 Å². The molecule has 5 aliphatic rings. The molecule has 2 heterocycles. The van der Waals surface area contributed by atoms with Gasteiger partial charge in [0.1, 0.15) is 6.10 Å².